The standard InChI is InChI=1S/C28H26N2O7S/c1-6-13-36-27(33)24-16(2)29-28-30(25(24)19-9-12-21(37-17(3)31)22(15-19)35-5)26(32)23(38-28)14-18-7-10-20(34-4)11-8-18/h6-12,14-15,25H,1,13H2,2-5H3/b23-14-. The lowest BCUT2D eigenvalue weighted by molar-refractivity contribution is -0.138. The molecule has 2 heterocycles. The van der Waals surface area contributed by atoms with Crippen LogP contribution in [0.2, 0.25) is 0 Å². The number of methoxy groups -OCH3 is 2. The monoisotopic (exact) mass is 534 g/mol. The van der Waals surface area contributed by atoms with Crippen molar-refractivity contribution in [1.29, 1.82) is 0 Å². The zero-order valence-electron chi connectivity index (χ0n) is 21.3. The highest BCUT2D eigenvalue weighted by atomic mass is 32.1. The molecule has 0 N–H and O–H groups in total. The molecule has 0 bridgehead atoms. The van der Waals surface area contributed by atoms with E-state index >= 15 is 0 Å². The van der Waals surface area contributed by atoms with Gasteiger partial charge in [0.2, 0.25) is 0 Å². The predicted octanol–water partition coefficient (Wildman–Crippen LogP) is 2.91. The molecular weight excluding hydrogens is 508 g/mol. The number of nitrogens with zero attached hydrogens (tertiary/aromatic N) is 2. The molecule has 196 valence electrons. The second-order valence-electron chi connectivity index (χ2n) is 8.25. The number of rotatable bonds is 8. The molecule has 1 atom stereocenters. The summed E-state index contributed by atoms with van der Waals surface area (Å²) in [6, 6.07) is 11.3. The Kier molecular flexibility index (Phi) is 7.92. The Bertz CT molecular complexity index is 1610. The molecule has 0 radical (unpaired) electrons. The smallest absolute Gasteiger partial charge is 0.338 e. The van der Waals surface area contributed by atoms with Gasteiger partial charge in [0.1, 0.15) is 12.4 Å². The van der Waals surface area contributed by atoms with Crippen molar-refractivity contribution in [1.82, 2.24) is 4.57 Å². The van der Waals surface area contributed by atoms with E-state index in [-0.39, 0.29) is 29.2 Å². The van der Waals surface area contributed by atoms with Crippen LogP contribution in [0.1, 0.15) is 31.0 Å². The number of carbonyl (C=O) groups is 2. The quantitative estimate of drug-likeness (QED) is 0.249. The Labute approximate surface area is 222 Å². The highest BCUT2D eigenvalue weighted by Crippen LogP contribution is 2.36. The SMILES string of the molecule is C=CCOC(=O)C1=C(C)N=c2s/c(=C\c3ccc(OC)cc3)c(=O)n2C1c1ccc(OC(C)=O)c(OC)c1. The summed E-state index contributed by atoms with van der Waals surface area (Å²) in [5.74, 6) is 0.0577. The van der Waals surface area contributed by atoms with Gasteiger partial charge < -0.3 is 18.9 Å². The molecule has 4 rings (SSSR count). The molecule has 0 saturated carbocycles. The van der Waals surface area contributed by atoms with Crippen LogP contribution in [-0.2, 0) is 14.3 Å². The Morgan fingerprint density at radius 3 is 2.47 bits per heavy atom. The van der Waals surface area contributed by atoms with Crippen LogP contribution in [0.3, 0.4) is 0 Å². The maximum Gasteiger partial charge on any atom is 0.338 e. The fraction of sp³-hybridized carbons (Fsp3) is 0.214. The van der Waals surface area contributed by atoms with Crippen LogP contribution < -0.4 is 29.1 Å². The van der Waals surface area contributed by atoms with Gasteiger partial charge in [0.05, 0.1) is 36.1 Å². The van der Waals surface area contributed by atoms with Crippen molar-refractivity contribution in [2.24, 2.45) is 4.99 Å². The van der Waals surface area contributed by atoms with Crippen molar-refractivity contribution in [3.05, 3.63) is 97.2 Å². The molecule has 3 aromatic rings. The van der Waals surface area contributed by atoms with E-state index in [0.717, 1.165) is 5.56 Å². The van der Waals surface area contributed by atoms with Gasteiger partial charge in [-0.25, -0.2) is 9.79 Å². The average molecular weight is 535 g/mol. The first-order valence-corrected chi connectivity index (χ1v) is 12.4. The summed E-state index contributed by atoms with van der Waals surface area (Å²) in [6.45, 7) is 6.58. The van der Waals surface area contributed by atoms with Gasteiger partial charge in [0, 0.05) is 6.92 Å². The number of allylic oxidation sites excluding steroid dienone is 1. The fourth-order valence-electron chi connectivity index (χ4n) is 4.06. The van der Waals surface area contributed by atoms with Gasteiger partial charge in [-0.15, -0.1) is 0 Å². The molecule has 1 unspecified atom stereocenters. The van der Waals surface area contributed by atoms with E-state index in [0.29, 0.717) is 26.3 Å². The van der Waals surface area contributed by atoms with Gasteiger partial charge in [-0.05, 0) is 48.4 Å². The van der Waals surface area contributed by atoms with Crippen LogP contribution >= 0.6 is 11.3 Å². The van der Waals surface area contributed by atoms with Gasteiger partial charge in [0.15, 0.2) is 16.3 Å². The normalized spacial score (nSPS) is 14.8. The number of benzene rings is 2. The number of carbonyl (C=O) groups excluding carboxylic acids is 2. The topological polar surface area (TPSA) is 105 Å². The summed E-state index contributed by atoms with van der Waals surface area (Å²) in [5, 5.41) is 0. The third-order valence-corrected chi connectivity index (χ3v) is 6.73. The zero-order valence-corrected chi connectivity index (χ0v) is 22.2. The van der Waals surface area contributed by atoms with E-state index in [1.54, 1.807) is 50.4 Å². The van der Waals surface area contributed by atoms with Gasteiger partial charge in [-0.3, -0.25) is 14.2 Å². The van der Waals surface area contributed by atoms with Crippen molar-refractivity contribution in [2.75, 3.05) is 20.8 Å². The van der Waals surface area contributed by atoms with Crippen LogP contribution in [0, 0.1) is 0 Å². The third-order valence-electron chi connectivity index (χ3n) is 5.74. The Morgan fingerprint density at radius 2 is 1.84 bits per heavy atom. The zero-order chi connectivity index (χ0) is 27.4. The van der Waals surface area contributed by atoms with Crippen molar-refractivity contribution >= 4 is 29.4 Å². The second-order valence-corrected chi connectivity index (χ2v) is 9.26. The van der Waals surface area contributed by atoms with Crippen molar-refractivity contribution in [2.45, 2.75) is 19.9 Å². The summed E-state index contributed by atoms with van der Waals surface area (Å²) in [6.07, 6.45) is 3.23. The van der Waals surface area contributed by atoms with Crippen LogP contribution in [0.4, 0.5) is 0 Å². The summed E-state index contributed by atoms with van der Waals surface area (Å²) in [7, 11) is 3.02. The molecule has 10 heteroatoms. The van der Waals surface area contributed by atoms with Crippen LogP contribution in [0.15, 0.2) is 76.2 Å². The van der Waals surface area contributed by atoms with Gasteiger partial charge in [0.25, 0.3) is 5.56 Å². The minimum Gasteiger partial charge on any atom is -0.497 e. The van der Waals surface area contributed by atoms with Gasteiger partial charge >= 0.3 is 11.9 Å². The molecule has 38 heavy (non-hydrogen) atoms. The number of hydrogen-bond acceptors (Lipinski definition) is 9. The molecule has 1 aliphatic heterocycles. The van der Waals surface area contributed by atoms with E-state index in [1.807, 2.05) is 12.1 Å². The molecule has 0 saturated heterocycles. The van der Waals surface area contributed by atoms with Crippen LogP contribution in [-0.4, -0.2) is 37.3 Å². The van der Waals surface area contributed by atoms with Crippen LogP contribution in [0.25, 0.3) is 6.08 Å². The van der Waals surface area contributed by atoms with E-state index in [1.165, 1.54) is 36.0 Å². The Balaban J connectivity index is 1.92. The van der Waals surface area contributed by atoms with Gasteiger partial charge in [-0.2, -0.15) is 0 Å². The van der Waals surface area contributed by atoms with Crippen LogP contribution in [0.5, 0.6) is 17.2 Å². The number of fused-ring (bicyclic) bond motifs is 1. The number of ether oxygens (including phenoxy) is 4. The molecule has 2 aromatic carbocycles. The Hall–Kier alpha value is -4.44. The summed E-state index contributed by atoms with van der Waals surface area (Å²) in [4.78, 5) is 43.5. The molecule has 0 aliphatic carbocycles. The fourth-order valence-corrected chi connectivity index (χ4v) is 5.10. The largest absolute Gasteiger partial charge is 0.497 e. The lowest BCUT2D eigenvalue weighted by Crippen LogP contribution is -2.40. The maximum absolute atomic E-state index is 13.7. The molecule has 1 aromatic heterocycles. The number of esters is 2. The first kappa shape index (κ1) is 26.6. The minimum atomic E-state index is -0.859. The maximum atomic E-state index is 13.7. The number of thiazole rings is 1. The molecule has 0 spiro atoms. The highest BCUT2D eigenvalue weighted by Gasteiger charge is 2.34. The number of aromatic nitrogens is 1. The molecule has 0 fully saturated rings. The highest BCUT2D eigenvalue weighted by molar-refractivity contribution is 7.07. The predicted molar refractivity (Wildman–Crippen MR) is 142 cm³/mol. The molecular formula is C28H26N2O7S. The number of hydrogen-bond donors (Lipinski definition) is 0. The molecule has 1 aliphatic rings. The summed E-state index contributed by atoms with van der Waals surface area (Å²) >= 11 is 1.22. The van der Waals surface area contributed by atoms with E-state index in [4.69, 9.17) is 18.9 Å². The second kappa shape index (κ2) is 11.3. The van der Waals surface area contributed by atoms with Crippen molar-refractivity contribution < 1.29 is 28.5 Å². The molecule has 9 nitrogen and oxygen atoms in total. The summed E-state index contributed by atoms with van der Waals surface area (Å²) in [5.41, 5.74) is 1.66. The van der Waals surface area contributed by atoms with E-state index in [9.17, 15) is 14.4 Å². The Morgan fingerprint density at radius 1 is 1.11 bits per heavy atom. The minimum absolute atomic E-state index is 0.00106. The average Bonchev–Trinajstić information content (AvgIpc) is 3.20. The first-order valence-electron chi connectivity index (χ1n) is 11.6. The first-order chi connectivity index (χ1) is 18.3. The van der Waals surface area contributed by atoms with E-state index < -0.39 is 18.0 Å². The lowest BCUT2D eigenvalue weighted by atomic mass is 9.95. The summed E-state index contributed by atoms with van der Waals surface area (Å²) < 4.78 is 23.1. The lowest BCUT2D eigenvalue weighted by Gasteiger charge is -2.25. The van der Waals surface area contributed by atoms with E-state index in [2.05, 4.69) is 11.6 Å². The molecule has 0 amide bonds. The van der Waals surface area contributed by atoms with Crippen molar-refractivity contribution in [3.63, 3.8) is 0 Å². The third kappa shape index (κ3) is 5.30. The van der Waals surface area contributed by atoms with Gasteiger partial charge in [-0.1, -0.05) is 42.2 Å². The van der Waals surface area contributed by atoms with Crippen molar-refractivity contribution in [3.8, 4) is 17.2 Å².